The fourth-order valence-corrected chi connectivity index (χ4v) is 2.35. The standard InChI is InChI=1S/C20H15N5O3/c1-28-19(27)14-5-3-7-17(9-14)24-18(26)15-11-22-20(23-12-15)25-16-6-2-4-13(8-16)10-21/h2-9,11-12H,1H3,(H,24,26)(H,22,23,25). The second-order valence-electron chi connectivity index (χ2n) is 5.64. The lowest BCUT2D eigenvalue weighted by Crippen LogP contribution is -2.13. The third kappa shape index (κ3) is 4.47. The summed E-state index contributed by atoms with van der Waals surface area (Å²) >= 11 is 0. The van der Waals surface area contributed by atoms with E-state index >= 15 is 0 Å². The summed E-state index contributed by atoms with van der Waals surface area (Å²) < 4.78 is 4.66. The Morgan fingerprint density at radius 1 is 1.00 bits per heavy atom. The van der Waals surface area contributed by atoms with Crippen molar-refractivity contribution in [1.29, 1.82) is 5.26 Å². The molecule has 28 heavy (non-hydrogen) atoms. The van der Waals surface area contributed by atoms with Crippen molar-refractivity contribution in [2.24, 2.45) is 0 Å². The number of hydrogen-bond acceptors (Lipinski definition) is 7. The zero-order valence-corrected chi connectivity index (χ0v) is 14.8. The number of ether oxygens (including phenoxy) is 1. The highest BCUT2D eigenvalue weighted by Gasteiger charge is 2.10. The van der Waals surface area contributed by atoms with Crippen LogP contribution < -0.4 is 10.6 Å². The SMILES string of the molecule is COC(=O)c1cccc(NC(=O)c2cnc(Nc3cccc(C#N)c3)nc2)c1. The quantitative estimate of drug-likeness (QED) is 0.660. The van der Waals surface area contributed by atoms with Crippen molar-refractivity contribution in [1.82, 2.24) is 9.97 Å². The molecule has 0 aliphatic heterocycles. The highest BCUT2D eigenvalue weighted by atomic mass is 16.5. The minimum atomic E-state index is -0.490. The number of nitrogens with one attached hydrogen (secondary N) is 2. The van der Waals surface area contributed by atoms with Crippen LogP contribution in [-0.2, 0) is 4.74 Å². The van der Waals surface area contributed by atoms with Crippen LogP contribution in [0.25, 0.3) is 0 Å². The van der Waals surface area contributed by atoms with E-state index in [-0.39, 0.29) is 5.56 Å². The van der Waals surface area contributed by atoms with Crippen molar-refractivity contribution in [2.45, 2.75) is 0 Å². The van der Waals surface area contributed by atoms with Crippen LogP contribution in [0.1, 0.15) is 26.3 Å². The van der Waals surface area contributed by atoms with Gasteiger partial charge in [0, 0.05) is 23.8 Å². The van der Waals surface area contributed by atoms with Crippen molar-refractivity contribution in [3.05, 3.63) is 77.6 Å². The third-order valence-corrected chi connectivity index (χ3v) is 3.70. The Morgan fingerprint density at radius 2 is 1.71 bits per heavy atom. The van der Waals surface area contributed by atoms with Gasteiger partial charge >= 0.3 is 5.97 Å². The number of benzene rings is 2. The Morgan fingerprint density at radius 3 is 2.43 bits per heavy atom. The van der Waals surface area contributed by atoms with E-state index in [0.717, 1.165) is 0 Å². The number of rotatable bonds is 5. The molecule has 1 amide bonds. The molecule has 0 atom stereocenters. The number of nitriles is 1. The largest absolute Gasteiger partial charge is 0.465 e. The van der Waals surface area contributed by atoms with Crippen LogP contribution in [0.4, 0.5) is 17.3 Å². The zero-order valence-electron chi connectivity index (χ0n) is 14.8. The molecule has 138 valence electrons. The molecule has 8 heteroatoms. The predicted molar refractivity (Wildman–Crippen MR) is 102 cm³/mol. The van der Waals surface area contributed by atoms with Gasteiger partial charge in [-0.15, -0.1) is 0 Å². The van der Waals surface area contributed by atoms with Crippen LogP contribution in [0.15, 0.2) is 60.9 Å². The van der Waals surface area contributed by atoms with Crippen molar-refractivity contribution in [3.63, 3.8) is 0 Å². The fraction of sp³-hybridized carbons (Fsp3) is 0.0500. The first-order chi connectivity index (χ1) is 13.6. The molecule has 3 rings (SSSR count). The van der Waals surface area contributed by atoms with Crippen LogP contribution in [-0.4, -0.2) is 29.0 Å². The smallest absolute Gasteiger partial charge is 0.337 e. The van der Waals surface area contributed by atoms with Crippen LogP contribution in [0.3, 0.4) is 0 Å². The first-order valence-electron chi connectivity index (χ1n) is 8.18. The Balaban J connectivity index is 1.68. The molecule has 0 bridgehead atoms. The molecule has 2 N–H and O–H groups in total. The average Bonchev–Trinajstić information content (AvgIpc) is 2.74. The van der Waals surface area contributed by atoms with Gasteiger partial charge < -0.3 is 15.4 Å². The normalized spacial score (nSPS) is 9.86. The van der Waals surface area contributed by atoms with Gasteiger partial charge in [0.2, 0.25) is 5.95 Å². The zero-order chi connectivity index (χ0) is 19.9. The number of amides is 1. The highest BCUT2D eigenvalue weighted by molar-refractivity contribution is 6.04. The Labute approximate surface area is 160 Å². The molecule has 2 aromatic carbocycles. The maximum atomic E-state index is 12.4. The summed E-state index contributed by atoms with van der Waals surface area (Å²) in [6.45, 7) is 0. The summed E-state index contributed by atoms with van der Waals surface area (Å²) in [5.74, 6) is -0.616. The lowest BCUT2D eigenvalue weighted by molar-refractivity contribution is 0.0600. The van der Waals surface area contributed by atoms with E-state index in [2.05, 4.69) is 31.4 Å². The van der Waals surface area contributed by atoms with Crippen LogP contribution >= 0.6 is 0 Å². The van der Waals surface area contributed by atoms with Gasteiger partial charge in [0.25, 0.3) is 5.91 Å². The van der Waals surface area contributed by atoms with Crippen LogP contribution in [0.5, 0.6) is 0 Å². The van der Waals surface area contributed by atoms with Gasteiger partial charge in [-0.1, -0.05) is 12.1 Å². The van der Waals surface area contributed by atoms with Crippen LogP contribution in [0, 0.1) is 11.3 Å². The summed E-state index contributed by atoms with van der Waals surface area (Å²) in [6.07, 6.45) is 2.76. The number of nitrogens with zero attached hydrogens (tertiary/aromatic N) is 3. The Kier molecular flexibility index (Phi) is 5.58. The molecule has 8 nitrogen and oxygen atoms in total. The van der Waals surface area contributed by atoms with E-state index in [4.69, 9.17) is 5.26 Å². The van der Waals surface area contributed by atoms with E-state index in [9.17, 15) is 9.59 Å². The van der Waals surface area contributed by atoms with Gasteiger partial charge in [0.15, 0.2) is 0 Å². The molecule has 1 aromatic heterocycles. The number of methoxy groups -OCH3 is 1. The van der Waals surface area contributed by atoms with Crippen molar-refractivity contribution in [3.8, 4) is 6.07 Å². The molecule has 0 spiro atoms. The number of carbonyl (C=O) groups excluding carboxylic acids is 2. The minimum Gasteiger partial charge on any atom is -0.465 e. The number of esters is 1. The van der Waals surface area contributed by atoms with Crippen molar-refractivity contribution in [2.75, 3.05) is 17.7 Å². The number of hydrogen-bond donors (Lipinski definition) is 2. The topological polar surface area (TPSA) is 117 Å². The van der Waals surface area contributed by atoms with Crippen molar-refractivity contribution >= 4 is 29.2 Å². The Bertz CT molecular complexity index is 1060. The van der Waals surface area contributed by atoms with Gasteiger partial charge in [-0.2, -0.15) is 5.26 Å². The maximum absolute atomic E-state index is 12.4. The Hall–Kier alpha value is -4.25. The number of aromatic nitrogens is 2. The molecule has 0 radical (unpaired) electrons. The molecule has 0 fully saturated rings. The summed E-state index contributed by atoms with van der Waals surface area (Å²) in [5.41, 5.74) is 2.20. The predicted octanol–water partition coefficient (Wildman–Crippen LogP) is 3.13. The summed E-state index contributed by atoms with van der Waals surface area (Å²) in [7, 11) is 1.29. The third-order valence-electron chi connectivity index (χ3n) is 3.70. The van der Waals surface area contributed by atoms with Gasteiger partial charge in [0.1, 0.15) is 0 Å². The monoisotopic (exact) mass is 373 g/mol. The minimum absolute atomic E-state index is 0.250. The molecule has 1 heterocycles. The summed E-state index contributed by atoms with van der Waals surface area (Å²) in [6, 6.07) is 15.3. The van der Waals surface area contributed by atoms with E-state index in [1.165, 1.54) is 25.6 Å². The summed E-state index contributed by atoms with van der Waals surface area (Å²) in [4.78, 5) is 32.1. The molecular formula is C20H15N5O3. The van der Waals surface area contributed by atoms with E-state index in [1.54, 1.807) is 42.5 Å². The first-order valence-corrected chi connectivity index (χ1v) is 8.18. The molecule has 3 aromatic rings. The van der Waals surface area contributed by atoms with Crippen LogP contribution in [0.2, 0.25) is 0 Å². The van der Waals surface area contributed by atoms with E-state index < -0.39 is 11.9 Å². The van der Waals surface area contributed by atoms with Gasteiger partial charge in [-0.05, 0) is 36.4 Å². The number of carbonyl (C=O) groups is 2. The molecule has 0 unspecified atom stereocenters. The molecule has 0 aliphatic carbocycles. The maximum Gasteiger partial charge on any atom is 0.337 e. The first kappa shape index (κ1) is 18.5. The van der Waals surface area contributed by atoms with Gasteiger partial charge in [0.05, 0.1) is 29.9 Å². The molecule has 0 aliphatic rings. The number of anilines is 3. The summed E-state index contributed by atoms with van der Waals surface area (Å²) in [5, 5.41) is 14.6. The fourth-order valence-electron chi connectivity index (χ4n) is 2.35. The van der Waals surface area contributed by atoms with Gasteiger partial charge in [-0.25, -0.2) is 14.8 Å². The second kappa shape index (κ2) is 8.42. The van der Waals surface area contributed by atoms with E-state index in [0.29, 0.717) is 28.5 Å². The molecule has 0 saturated heterocycles. The molecule has 0 saturated carbocycles. The lowest BCUT2D eigenvalue weighted by atomic mass is 10.2. The second-order valence-corrected chi connectivity index (χ2v) is 5.64. The molecular weight excluding hydrogens is 358 g/mol. The van der Waals surface area contributed by atoms with E-state index in [1.807, 2.05) is 0 Å². The van der Waals surface area contributed by atoms with Crippen molar-refractivity contribution < 1.29 is 14.3 Å². The highest BCUT2D eigenvalue weighted by Crippen LogP contribution is 2.15. The lowest BCUT2D eigenvalue weighted by Gasteiger charge is -2.08. The van der Waals surface area contributed by atoms with Gasteiger partial charge in [-0.3, -0.25) is 4.79 Å². The average molecular weight is 373 g/mol.